The maximum atomic E-state index is 11.3. The molecule has 0 spiro atoms. The minimum atomic E-state index is -2.83. The Morgan fingerprint density at radius 3 is 2.80 bits per heavy atom. The molecule has 2 unspecified atom stereocenters. The molecule has 0 amide bonds. The Hall–Kier alpha value is -0.170. The van der Waals surface area contributed by atoms with E-state index in [9.17, 15) is 8.42 Å². The average molecular weight is 236 g/mol. The van der Waals surface area contributed by atoms with Gasteiger partial charge in [0, 0.05) is 25.2 Å². The summed E-state index contributed by atoms with van der Waals surface area (Å²) in [6.07, 6.45) is 0.709. The molecule has 0 saturated carbocycles. The van der Waals surface area contributed by atoms with Crippen molar-refractivity contribution in [1.82, 2.24) is 4.90 Å². The van der Waals surface area contributed by atoms with Gasteiger partial charge in [0.05, 0.1) is 18.1 Å². The van der Waals surface area contributed by atoms with Crippen LogP contribution in [0.25, 0.3) is 0 Å². The number of sulfone groups is 1. The van der Waals surface area contributed by atoms with Crippen LogP contribution in [0, 0.1) is 0 Å². The molecule has 0 aromatic heterocycles. The number of aliphatic hydroxyl groups is 1. The number of rotatable bonds is 4. The largest absolute Gasteiger partial charge is 0.395 e. The fraction of sp³-hybridized carbons (Fsp3) is 1.00. The third-order valence-corrected chi connectivity index (χ3v) is 4.62. The van der Waals surface area contributed by atoms with E-state index in [1.165, 1.54) is 0 Å². The van der Waals surface area contributed by atoms with E-state index in [1.54, 1.807) is 0 Å². The van der Waals surface area contributed by atoms with Crippen molar-refractivity contribution in [2.75, 3.05) is 31.2 Å². The van der Waals surface area contributed by atoms with E-state index in [-0.39, 0.29) is 30.2 Å². The SMILES string of the molecule is CC1CS(=O)(=O)CCN1CCC(N)CO. The highest BCUT2D eigenvalue weighted by atomic mass is 32.2. The molecule has 1 fully saturated rings. The zero-order valence-electron chi connectivity index (χ0n) is 9.09. The third kappa shape index (κ3) is 4.06. The van der Waals surface area contributed by atoms with Gasteiger partial charge in [0.2, 0.25) is 0 Å². The lowest BCUT2D eigenvalue weighted by atomic mass is 10.2. The van der Waals surface area contributed by atoms with E-state index in [0.717, 1.165) is 6.54 Å². The van der Waals surface area contributed by atoms with Crippen molar-refractivity contribution in [2.24, 2.45) is 5.73 Å². The first kappa shape index (κ1) is 12.9. The third-order valence-electron chi connectivity index (χ3n) is 2.83. The second-order valence-electron chi connectivity index (χ2n) is 4.23. The number of nitrogens with two attached hydrogens (primary N) is 1. The van der Waals surface area contributed by atoms with Crippen LogP contribution < -0.4 is 5.73 Å². The zero-order chi connectivity index (χ0) is 11.5. The van der Waals surface area contributed by atoms with Gasteiger partial charge in [0.1, 0.15) is 0 Å². The van der Waals surface area contributed by atoms with Gasteiger partial charge < -0.3 is 10.8 Å². The first-order valence-electron chi connectivity index (χ1n) is 5.25. The Kier molecular flexibility index (Phi) is 4.51. The Morgan fingerprint density at radius 1 is 1.60 bits per heavy atom. The Balaban J connectivity index is 2.38. The molecule has 1 aliphatic heterocycles. The Labute approximate surface area is 91.2 Å². The highest BCUT2D eigenvalue weighted by molar-refractivity contribution is 7.91. The van der Waals surface area contributed by atoms with Gasteiger partial charge in [-0.1, -0.05) is 0 Å². The van der Waals surface area contributed by atoms with Gasteiger partial charge in [-0.2, -0.15) is 0 Å². The van der Waals surface area contributed by atoms with Crippen molar-refractivity contribution < 1.29 is 13.5 Å². The van der Waals surface area contributed by atoms with Crippen LogP contribution in [-0.4, -0.2) is 61.7 Å². The lowest BCUT2D eigenvalue weighted by Crippen LogP contribution is -2.48. The Bertz CT molecular complexity index is 292. The molecule has 1 aliphatic rings. The van der Waals surface area contributed by atoms with Gasteiger partial charge in [-0.25, -0.2) is 8.42 Å². The lowest BCUT2D eigenvalue weighted by molar-refractivity contribution is 0.198. The van der Waals surface area contributed by atoms with Crippen molar-refractivity contribution in [1.29, 1.82) is 0 Å². The average Bonchev–Trinajstić information content (AvgIpc) is 2.15. The molecule has 1 heterocycles. The summed E-state index contributed by atoms with van der Waals surface area (Å²) in [7, 11) is -2.83. The predicted octanol–water partition coefficient (Wildman–Crippen LogP) is -1.18. The van der Waals surface area contributed by atoms with Crippen LogP contribution in [0.2, 0.25) is 0 Å². The van der Waals surface area contributed by atoms with E-state index >= 15 is 0 Å². The van der Waals surface area contributed by atoms with Crippen molar-refractivity contribution in [2.45, 2.75) is 25.4 Å². The Morgan fingerprint density at radius 2 is 2.27 bits per heavy atom. The van der Waals surface area contributed by atoms with Crippen LogP contribution in [-0.2, 0) is 9.84 Å². The first-order chi connectivity index (χ1) is 6.94. The predicted molar refractivity (Wildman–Crippen MR) is 59.4 cm³/mol. The minimum Gasteiger partial charge on any atom is -0.395 e. The van der Waals surface area contributed by atoms with Gasteiger partial charge in [0.25, 0.3) is 0 Å². The quantitative estimate of drug-likeness (QED) is 0.641. The summed E-state index contributed by atoms with van der Waals surface area (Å²) >= 11 is 0. The van der Waals surface area contributed by atoms with E-state index in [1.807, 2.05) is 6.92 Å². The number of aliphatic hydroxyl groups excluding tert-OH is 1. The maximum Gasteiger partial charge on any atom is 0.153 e. The minimum absolute atomic E-state index is 0.0134. The molecule has 1 saturated heterocycles. The second-order valence-corrected chi connectivity index (χ2v) is 6.46. The molecule has 0 aromatic carbocycles. The standard InChI is InChI=1S/C9H20N2O3S/c1-8-7-15(13,14)5-4-11(8)3-2-9(10)6-12/h8-9,12H,2-7,10H2,1H3. The summed E-state index contributed by atoms with van der Waals surface area (Å²) in [6, 6.07) is -0.134. The van der Waals surface area contributed by atoms with E-state index in [0.29, 0.717) is 13.0 Å². The van der Waals surface area contributed by atoms with E-state index < -0.39 is 9.84 Å². The van der Waals surface area contributed by atoms with Crippen molar-refractivity contribution in [3.8, 4) is 0 Å². The van der Waals surface area contributed by atoms with E-state index in [2.05, 4.69) is 4.90 Å². The molecule has 1 rings (SSSR count). The summed E-state index contributed by atoms with van der Waals surface area (Å²) in [5, 5.41) is 8.77. The summed E-state index contributed by atoms with van der Waals surface area (Å²) < 4.78 is 22.6. The smallest absolute Gasteiger partial charge is 0.153 e. The van der Waals surface area contributed by atoms with Gasteiger partial charge in [-0.3, -0.25) is 4.90 Å². The van der Waals surface area contributed by atoms with Crippen molar-refractivity contribution >= 4 is 9.84 Å². The van der Waals surface area contributed by atoms with Crippen LogP contribution >= 0.6 is 0 Å². The molecule has 0 radical (unpaired) electrons. The lowest BCUT2D eigenvalue weighted by Gasteiger charge is -2.33. The van der Waals surface area contributed by atoms with Gasteiger partial charge in [-0.05, 0) is 13.3 Å². The molecule has 15 heavy (non-hydrogen) atoms. The molecule has 2 atom stereocenters. The molecule has 3 N–H and O–H groups in total. The molecule has 6 heteroatoms. The summed E-state index contributed by atoms with van der Waals surface area (Å²) in [6.45, 7) is 3.25. The fourth-order valence-electron chi connectivity index (χ4n) is 1.79. The normalized spacial score (nSPS) is 28.9. The molecule has 0 aromatic rings. The van der Waals surface area contributed by atoms with Crippen LogP contribution in [0.15, 0.2) is 0 Å². The maximum absolute atomic E-state index is 11.3. The van der Waals surface area contributed by atoms with Crippen LogP contribution in [0.4, 0.5) is 0 Å². The van der Waals surface area contributed by atoms with Gasteiger partial charge >= 0.3 is 0 Å². The van der Waals surface area contributed by atoms with Crippen molar-refractivity contribution in [3.05, 3.63) is 0 Å². The molecular formula is C9H20N2O3S. The summed E-state index contributed by atoms with van der Waals surface area (Å²) in [4.78, 5) is 2.12. The fourth-order valence-corrected chi connectivity index (χ4v) is 3.41. The zero-order valence-corrected chi connectivity index (χ0v) is 9.91. The van der Waals surface area contributed by atoms with E-state index in [4.69, 9.17) is 10.8 Å². The number of hydrogen-bond acceptors (Lipinski definition) is 5. The molecule has 0 bridgehead atoms. The van der Waals surface area contributed by atoms with Crippen LogP contribution in [0.5, 0.6) is 0 Å². The van der Waals surface area contributed by atoms with Crippen LogP contribution in [0.3, 0.4) is 0 Å². The molecule has 0 aliphatic carbocycles. The highest BCUT2D eigenvalue weighted by Gasteiger charge is 2.27. The van der Waals surface area contributed by atoms with Gasteiger partial charge in [-0.15, -0.1) is 0 Å². The monoisotopic (exact) mass is 236 g/mol. The molecule has 5 nitrogen and oxygen atoms in total. The summed E-state index contributed by atoms with van der Waals surface area (Å²) in [5.74, 6) is 0.479. The van der Waals surface area contributed by atoms with Crippen LogP contribution in [0.1, 0.15) is 13.3 Å². The van der Waals surface area contributed by atoms with Gasteiger partial charge in [0.15, 0.2) is 9.84 Å². The van der Waals surface area contributed by atoms with Crippen molar-refractivity contribution in [3.63, 3.8) is 0 Å². The molecule has 90 valence electrons. The number of hydrogen-bond donors (Lipinski definition) is 2. The topological polar surface area (TPSA) is 83.6 Å². The summed E-state index contributed by atoms with van der Waals surface area (Å²) in [5.41, 5.74) is 5.59. The molecular weight excluding hydrogens is 216 g/mol. The highest BCUT2D eigenvalue weighted by Crippen LogP contribution is 2.11. The first-order valence-corrected chi connectivity index (χ1v) is 7.07. The second kappa shape index (κ2) is 5.25. The number of nitrogens with zero attached hydrogens (tertiary/aromatic N) is 1.